The third-order valence-electron chi connectivity index (χ3n) is 6.87. The SMILES string of the molecule is Cc1cc(-c2cc3ccccc3c3ccccc23)cc(-c2cccc3c2sc2ccccc23)c1. The highest BCUT2D eigenvalue weighted by atomic mass is 32.1. The number of hydrogen-bond acceptors (Lipinski definition) is 1. The second-order valence-electron chi connectivity index (χ2n) is 9.06. The van der Waals surface area contributed by atoms with E-state index in [4.69, 9.17) is 0 Å². The third kappa shape index (κ3) is 2.98. The van der Waals surface area contributed by atoms with E-state index in [1.54, 1.807) is 0 Å². The molecule has 7 rings (SSSR count). The summed E-state index contributed by atoms with van der Waals surface area (Å²) in [6.07, 6.45) is 0. The molecule has 0 unspecified atom stereocenters. The molecule has 1 aromatic heterocycles. The van der Waals surface area contributed by atoms with Gasteiger partial charge in [-0.1, -0.05) is 97.1 Å². The average Bonchev–Trinajstić information content (AvgIpc) is 3.27. The van der Waals surface area contributed by atoms with E-state index in [0.29, 0.717) is 0 Å². The van der Waals surface area contributed by atoms with Crippen molar-refractivity contribution >= 4 is 53.1 Å². The van der Waals surface area contributed by atoms with Crippen LogP contribution in [0.3, 0.4) is 0 Å². The van der Waals surface area contributed by atoms with Crippen molar-refractivity contribution in [2.24, 2.45) is 0 Å². The quantitative estimate of drug-likeness (QED) is 0.230. The van der Waals surface area contributed by atoms with Gasteiger partial charge in [-0.2, -0.15) is 0 Å². The number of fused-ring (bicyclic) bond motifs is 6. The van der Waals surface area contributed by atoms with E-state index < -0.39 is 0 Å². The molecule has 0 spiro atoms. The third-order valence-corrected chi connectivity index (χ3v) is 8.09. The van der Waals surface area contributed by atoms with E-state index >= 15 is 0 Å². The van der Waals surface area contributed by atoms with Crippen LogP contribution in [-0.2, 0) is 0 Å². The maximum Gasteiger partial charge on any atom is 0.0433 e. The Balaban J connectivity index is 1.51. The van der Waals surface area contributed by atoms with Crippen LogP contribution in [0.25, 0.3) is 64.0 Å². The molecular weight excluding hydrogens is 428 g/mol. The van der Waals surface area contributed by atoms with E-state index in [1.165, 1.54) is 69.5 Å². The summed E-state index contributed by atoms with van der Waals surface area (Å²) in [5.41, 5.74) is 6.44. The topological polar surface area (TPSA) is 0 Å². The molecule has 7 aromatic rings. The molecule has 0 aliphatic carbocycles. The molecule has 0 saturated carbocycles. The van der Waals surface area contributed by atoms with Crippen LogP contribution in [0.2, 0.25) is 0 Å². The smallest absolute Gasteiger partial charge is 0.0433 e. The lowest BCUT2D eigenvalue weighted by atomic mass is 9.90. The minimum atomic E-state index is 1.27. The summed E-state index contributed by atoms with van der Waals surface area (Å²) < 4.78 is 2.71. The number of benzene rings is 6. The number of hydrogen-bond donors (Lipinski definition) is 0. The Labute approximate surface area is 202 Å². The van der Waals surface area contributed by atoms with Crippen LogP contribution in [0.5, 0.6) is 0 Å². The number of rotatable bonds is 2. The minimum absolute atomic E-state index is 1.27. The monoisotopic (exact) mass is 450 g/mol. The van der Waals surface area contributed by atoms with Crippen molar-refractivity contribution in [2.45, 2.75) is 6.92 Å². The molecular formula is C33H22S. The predicted octanol–water partition coefficient (Wildman–Crippen LogP) is 10.0. The lowest BCUT2D eigenvalue weighted by molar-refractivity contribution is 1.47. The van der Waals surface area contributed by atoms with Gasteiger partial charge in [-0.25, -0.2) is 0 Å². The molecule has 0 nitrogen and oxygen atoms in total. The summed E-state index contributed by atoms with van der Waals surface area (Å²) in [4.78, 5) is 0. The van der Waals surface area contributed by atoms with Crippen LogP contribution in [0.1, 0.15) is 5.56 Å². The molecule has 0 amide bonds. The van der Waals surface area contributed by atoms with Gasteiger partial charge in [0.2, 0.25) is 0 Å². The molecule has 0 radical (unpaired) electrons. The van der Waals surface area contributed by atoms with Crippen molar-refractivity contribution < 1.29 is 0 Å². The normalized spacial score (nSPS) is 11.7. The van der Waals surface area contributed by atoms with Gasteiger partial charge in [0.05, 0.1) is 0 Å². The Hall–Kier alpha value is -3.94. The van der Waals surface area contributed by atoms with Crippen molar-refractivity contribution in [3.63, 3.8) is 0 Å². The second-order valence-corrected chi connectivity index (χ2v) is 10.1. The summed E-state index contributed by atoms with van der Waals surface area (Å²) in [7, 11) is 0. The molecule has 6 aromatic carbocycles. The van der Waals surface area contributed by atoms with Gasteiger partial charge in [-0.3, -0.25) is 0 Å². The molecule has 0 aliphatic heterocycles. The van der Waals surface area contributed by atoms with Crippen LogP contribution in [0.15, 0.2) is 115 Å². The predicted molar refractivity (Wildman–Crippen MR) is 150 cm³/mol. The maximum absolute atomic E-state index is 2.38. The lowest BCUT2D eigenvalue weighted by Crippen LogP contribution is -1.88. The van der Waals surface area contributed by atoms with Crippen LogP contribution in [0, 0.1) is 6.92 Å². The lowest BCUT2D eigenvalue weighted by Gasteiger charge is -2.14. The van der Waals surface area contributed by atoms with Crippen LogP contribution in [0.4, 0.5) is 0 Å². The minimum Gasteiger partial charge on any atom is -0.135 e. The van der Waals surface area contributed by atoms with Crippen molar-refractivity contribution in [3.8, 4) is 22.3 Å². The first-order valence-electron chi connectivity index (χ1n) is 11.7. The van der Waals surface area contributed by atoms with Gasteiger partial charge >= 0.3 is 0 Å². The van der Waals surface area contributed by atoms with E-state index in [-0.39, 0.29) is 0 Å². The Bertz CT molecular complexity index is 1870. The van der Waals surface area contributed by atoms with Crippen molar-refractivity contribution in [1.29, 1.82) is 0 Å². The summed E-state index contributed by atoms with van der Waals surface area (Å²) in [6.45, 7) is 2.21. The number of aryl methyl sites for hydroxylation is 1. The molecule has 0 bridgehead atoms. The van der Waals surface area contributed by atoms with E-state index in [9.17, 15) is 0 Å². The first kappa shape index (κ1) is 19.5. The highest BCUT2D eigenvalue weighted by Gasteiger charge is 2.13. The average molecular weight is 451 g/mol. The van der Waals surface area contributed by atoms with Gasteiger partial charge in [-0.05, 0) is 74.5 Å². The highest BCUT2D eigenvalue weighted by Crippen LogP contribution is 2.42. The molecule has 1 heteroatoms. The first-order chi connectivity index (χ1) is 16.8. The summed E-state index contributed by atoms with van der Waals surface area (Å²) in [6, 6.07) is 42.3. The van der Waals surface area contributed by atoms with Crippen LogP contribution in [-0.4, -0.2) is 0 Å². The molecule has 0 N–H and O–H groups in total. The molecule has 0 aliphatic rings. The van der Waals surface area contributed by atoms with Gasteiger partial charge in [0.1, 0.15) is 0 Å². The molecule has 34 heavy (non-hydrogen) atoms. The summed E-state index contributed by atoms with van der Waals surface area (Å²) in [5.74, 6) is 0. The van der Waals surface area contributed by atoms with E-state index in [1.807, 2.05) is 11.3 Å². The Morgan fingerprint density at radius 1 is 0.471 bits per heavy atom. The molecule has 160 valence electrons. The van der Waals surface area contributed by atoms with Crippen LogP contribution >= 0.6 is 11.3 Å². The molecule has 1 heterocycles. The van der Waals surface area contributed by atoms with Gasteiger partial charge in [0.25, 0.3) is 0 Å². The Morgan fingerprint density at radius 3 is 1.97 bits per heavy atom. The Morgan fingerprint density at radius 2 is 1.12 bits per heavy atom. The highest BCUT2D eigenvalue weighted by molar-refractivity contribution is 7.26. The maximum atomic E-state index is 2.38. The fourth-order valence-electron chi connectivity index (χ4n) is 5.36. The first-order valence-corrected chi connectivity index (χ1v) is 12.5. The zero-order valence-corrected chi connectivity index (χ0v) is 19.7. The standard InChI is InChI=1S/C33H22S/c1-21-17-23(26-14-8-15-30-29-13-6-7-16-32(29)34-33(26)30)19-24(18-21)31-20-22-9-2-3-10-25(22)27-11-4-5-12-28(27)31/h2-20H,1H3. The fourth-order valence-corrected chi connectivity index (χ4v) is 6.60. The largest absolute Gasteiger partial charge is 0.135 e. The van der Waals surface area contributed by atoms with Gasteiger partial charge in [0.15, 0.2) is 0 Å². The van der Waals surface area contributed by atoms with E-state index in [0.717, 1.165) is 0 Å². The zero-order chi connectivity index (χ0) is 22.6. The Kier molecular flexibility index (Phi) is 4.33. The summed E-state index contributed by atoms with van der Waals surface area (Å²) >= 11 is 1.90. The zero-order valence-electron chi connectivity index (χ0n) is 18.9. The molecule has 0 fully saturated rings. The number of thiophene rings is 1. The van der Waals surface area contributed by atoms with Gasteiger partial charge in [0, 0.05) is 20.2 Å². The fraction of sp³-hybridized carbons (Fsp3) is 0.0303. The molecule has 0 saturated heterocycles. The summed E-state index contributed by atoms with van der Waals surface area (Å²) in [5, 5.41) is 7.90. The van der Waals surface area contributed by atoms with Gasteiger partial charge < -0.3 is 0 Å². The van der Waals surface area contributed by atoms with Crippen molar-refractivity contribution in [1.82, 2.24) is 0 Å². The van der Waals surface area contributed by atoms with Gasteiger partial charge in [-0.15, -0.1) is 11.3 Å². The van der Waals surface area contributed by atoms with E-state index in [2.05, 4.69) is 122 Å². The van der Waals surface area contributed by atoms with Crippen molar-refractivity contribution in [2.75, 3.05) is 0 Å². The van der Waals surface area contributed by atoms with Crippen LogP contribution < -0.4 is 0 Å². The molecule has 0 atom stereocenters. The second kappa shape index (κ2) is 7.55. The van der Waals surface area contributed by atoms with Crippen molar-refractivity contribution in [3.05, 3.63) is 121 Å².